The van der Waals surface area contributed by atoms with Gasteiger partial charge in [-0.05, 0) is 50.0 Å². The molecule has 3 rings (SSSR count). The van der Waals surface area contributed by atoms with Crippen LogP contribution in [0.5, 0.6) is 5.75 Å². The van der Waals surface area contributed by atoms with E-state index >= 15 is 0 Å². The van der Waals surface area contributed by atoms with Crippen molar-refractivity contribution in [2.45, 2.75) is 20.3 Å². The molecule has 0 unspecified atom stereocenters. The summed E-state index contributed by atoms with van der Waals surface area (Å²) in [5, 5.41) is 0.0501. The zero-order valence-electron chi connectivity index (χ0n) is 17.3. The fraction of sp³-hybridized carbons (Fsp3) is 0.158. The van der Waals surface area contributed by atoms with Crippen molar-refractivity contribution in [1.29, 1.82) is 0 Å². The third-order valence-electron chi connectivity index (χ3n) is 3.46. The zero-order chi connectivity index (χ0) is 21.6. The first kappa shape index (κ1) is 13.3. The van der Waals surface area contributed by atoms with E-state index in [1.54, 1.807) is 6.92 Å². The molecule has 0 aliphatic rings. The van der Waals surface area contributed by atoms with Gasteiger partial charge in [0.05, 0.1) is 20.0 Å². The minimum atomic E-state index is -0.518. The molecule has 0 spiro atoms. The van der Waals surface area contributed by atoms with Crippen LogP contribution >= 0.6 is 31.9 Å². The molecule has 0 saturated carbocycles. The number of hydrogen-bond acceptors (Lipinski definition) is 4. The number of hydrogen-bond donors (Lipinski definition) is 0. The van der Waals surface area contributed by atoms with E-state index in [0.29, 0.717) is 15.4 Å². The maximum absolute atomic E-state index is 13.3. The number of ether oxygens (including phenoxy) is 1. The van der Waals surface area contributed by atoms with Gasteiger partial charge in [0.15, 0.2) is 11.5 Å². The van der Waals surface area contributed by atoms with E-state index in [1.807, 2.05) is 0 Å². The highest BCUT2D eigenvalue weighted by atomic mass is 79.9. The number of ketones is 1. The molecule has 4 nitrogen and oxygen atoms in total. The number of halogens is 2. The second-order valence-corrected chi connectivity index (χ2v) is 6.86. The van der Waals surface area contributed by atoms with E-state index in [0.717, 1.165) is 0 Å². The van der Waals surface area contributed by atoms with Gasteiger partial charge in [0.1, 0.15) is 11.3 Å². The van der Waals surface area contributed by atoms with Gasteiger partial charge in [0.2, 0.25) is 0 Å². The monoisotopic (exact) mass is 468 g/mol. The fourth-order valence-corrected chi connectivity index (χ4v) is 3.78. The summed E-state index contributed by atoms with van der Waals surface area (Å²) in [5.41, 5.74) is 0.267. The number of furan rings is 1. The zero-order valence-corrected chi connectivity index (χ0v) is 16.4. The smallest absolute Gasteiger partial charge is 0.308 e. The van der Waals surface area contributed by atoms with Crippen molar-refractivity contribution in [3.63, 3.8) is 0 Å². The van der Waals surface area contributed by atoms with Gasteiger partial charge in [0.25, 0.3) is 0 Å². The van der Waals surface area contributed by atoms with Gasteiger partial charge in [-0.1, -0.05) is 25.1 Å². The number of esters is 1. The van der Waals surface area contributed by atoms with Crippen LogP contribution in [0.3, 0.4) is 0 Å². The number of aryl methyl sites for hydroxylation is 1. The van der Waals surface area contributed by atoms with Crippen LogP contribution in [0.15, 0.2) is 49.7 Å². The van der Waals surface area contributed by atoms with Crippen LogP contribution in [0.1, 0.15) is 41.0 Å². The third-order valence-corrected chi connectivity index (χ3v) is 4.64. The number of benzene rings is 2. The van der Waals surface area contributed by atoms with Crippen molar-refractivity contribution in [2.24, 2.45) is 0 Å². The van der Waals surface area contributed by atoms with Crippen LogP contribution in [0.4, 0.5) is 0 Å². The lowest BCUT2D eigenvalue weighted by atomic mass is 9.99. The van der Waals surface area contributed by atoms with E-state index in [2.05, 4.69) is 31.9 Å². The topological polar surface area (TPSA) is 56.5 Å². The van der Waals surface area contributed by atoms with Gasteiger partial charge in [-0.15, -0.1) is 0 Å². The highest BCUT2D eigenvalue weighted by molar-refractivity contribution is 9.11. The number of fused-ring (bicyclic) bond motifs is 1. The Morgan fingerprint density at radius 3 is 2.44 bits per heavy atom. The molecule has 1 aromatic heterocycles. The van der Waals surface area contributed by atoms with Crippen molar-refractivity contribution in [3.8, 4) is 5.75 Å². The lowest BCUT2D eigenvalue weighted by Crippen LogP contribution is -2.06. The van der Waals surface area contributed by atoms with E-state index in [-0.39, 0.29) is 45.7 Å². The van der Waals surface area contributed by atoms with Crippen LogP contribution in [0.25, 0.3) is 11.0 Å². The molecule has 0 radical (unpaired) electrons. The Kier molecular flexibility index (Phi) is 3.80. The average Bonchev–Trinajstić information content (AvgIpc) is 3.06. The van der Waals surface area contributed by atoms with Gasteiger partial charge >= 0.3 is 5.97 Å². The van der Waals surface area contributed by atoms with Crippen molar-refractivity contribution < 1.29 is 24.2 Å². The summed E-state index contributed by atoms with van der Waals surface area (Å²) >= 11 is 6.57. The first-order valence-electron chi connectivity index (χ1n) is 9.32. The quantitative estimate of drug-likeness (QED) is 0.280. The molecule has 0 fully saturated rings. The molecule has 0 aliphatic carbocycles. The maximum Gasteiger partial charge on any atom is 0.308 e. The van der Waals surface area contributed by atoms with Gasteiger partial charge in [0, 0.05) is 24.3 Å². The predicted octanol–water partition coefficient (Wildman–Crippen LogP) is 5.68. The molecule has 0 atom stereocenters. The average molecular weight is 470 g/mol. The number of carbonyl (C=O) groups is 2. The number of rotatable bonds is 4. The highest BCUT2D eigenvalue weighted by Gasteiger charge is 2.23. The molecule has 0 saturated heterocycles. The standard InChI is InChI=1S/C19H14Br2O4/c1-3-15-17(12-6-4-5-7-16(12)25-15)18(23)11-8-13(20)19(14(21)9-11)24-10(2)22/h4-9H,3H2,1-2H3/i4D,5D,6D,7D. The summed E-state index contributed by atoms with van der Waals surface area (Å²) in [6.07, 6.45) is 0.323. The Bertz CT molecular complexity index is 1160. The van der Waals surface area contributed by atoms with E-state index < -0.39 is 23.8 Å². The molecule has 0 N–H and O–H groups in total. The van der Waals surface area contributed by atoms with E-state index in [4.69, 9.17) is 14.6 Å². The molecule has 0 bridgehead atoms. The Balaban J connectivity index is 2.26. The predicted molar refractivity (Wildman–Crippen MR) is 102 cm³/mol. The molecular formula is C19H14Br2O4. The lowest BCUT2D eigenvalue weighted by Gasteiger charge is -2.09. The Morgan fingerprint density at radius 1 is 1.20 bits per heavy atom. The van der Waals surface area contributed by atoms with Crippen LogP contribution in [-0.2, 0) is 11.2 Å². The van der Waals surface area contributed by atoms with Gasteiger partial charge in [-0.2, -0.15) is 0 Å². The van der Waals surface area contributed by atoms with E-state index in [9.17, 15) is 9.59 Å². The molecule has 128 valence electrons. The summed E-state index contributed by atoms with van der Waals surface area (Å²) in [7, 11) is 0. The second kappa shape index (κ2) is 7.14. The van der Waals surface area contributed by atoms with Crippen LogP contribution in [-0.4, -0.2) is 11.8 Å². The van der Waals surface area contributed by atoms with Gasteiger partial charge in [-0.25, -0.2) is 0 Å². The third kappa shape index (κ3) is 3.41. The second-order valence-electron chi connectivity index (χ2n) is 5.15. The van der Waals surface area contributed by atoms with Crippen molar-refractivity contribution in [1.82, 2.24) is 0 Å². The minimum Gasteiger partial charge on any atom is -0.460 e. The van der Waals surface area contributed by atoms with Crippen LogP contribution in [0.2, 0.25) is 0 Å². The van der Waals surface area contributed by atoms with Crippen LogP contribution in [0, 0.1) is 0 Å². The molecule has 25 heavy (non-hydrogen) atoms. The molecule has 0 amide bonds. The summed E-state index contributed by atoms with van der Waals surface area (Å²) in [4.78, 5) is 24.6. The molecule has 0 aliphatic heterocycles. The summed E-state index contributed by atoms with van der Waals surface area (Å²) < 4.78 is 43.5. The van der Waals surface area contributed by atoms with Gasteiger partial charge < -0.3 is 9.15 Å². The Hall–Kier alpha value is -1.92. The number of para-hydroxylation sites is 1. The largest absolute Gasteiger partial charge is 0.460 e. The Morgan fingerprint density at radius 2 is 1.84 bits per heavy atom. The summed E-state index contributed by atoms with van der Waals surface area (Å²) in [6, 6.07) is 1.44. The molecule has 6 heteroatoms. The molecular weight excluding hydrogens is 452 g/mol. The first-order valence-corrected chi connectivity index (χ1v) is 8.90. The maximum atomic E-state index is 13.3. The van der Waals surface area contributed by atoms with Crippen molar-refractivity contribution >= 4 is 54.6 Å². The van der Waals surface area contributed by atoms with Crippen molar-refractivity contribution in [3.05, 3.63) is 62.1 Å². The minimum absolute atomic E-state index is 0.0501. The molecule has 3 aromatic rings. The highest BCUT2D eigenvalue weighted by Crippen LogP contribution is 2.37. The molecule has 2 aromatic carbocycles. The first-order chi connectivity index (χ1) is 13.6. The van der Waals surface area contributed by atoms with Crippen LogP contribution < -0.4 is 4.74 Å². The van der Waals surface area contributed by atoms with Crippen molar-refractivity contribution in [2.75, 3.05) is 0 Å². The van der Waals surface area contributed by atoms with E-state index in [1.165, 1.54) is 19.1 Å². The summed E-state index contributed by atoms with van der Waals surface area (Å²) in [5.74, 6) is -0.492. The Labute approximate surface area is 167 Å². The van der Waals surface area contributed by atoms with Gasteiger partial charge in [-0.3, -0.25) is 9.59 Å². The molecule has 1 heterocycles. The SMILES string of the molecule is [2H]c1c([2H])c([2H])c2c(C(=O)c3cc(Br)c(OC(C)=O)c(Br)c3)c(CC)oc2c1[2H]. The lowest BCUT2D eigenvalue weighted by molar-refractivity contribution is -0.131. The normalized spacial score (nSPS) is 13.1. The fourth-order valence-electron chi connectivity index (χ4n) is 2.43. The number of carbonyl (C=O) groups excluding carboxylic acids is 2. The summed E-state index contributed by atoms with van der Waals surface area (Å²) in [6.45, 7) is 3.02.